The van der Waals surface area contributed by atoms with Gasteiger partial charge in [0, 0.05) is 67.6 Å². The zero-order valence-corrected chi connectivity index (χ0v) is 39.0. The van der Waals surface area contributed by atoms with Crippen LogP contribution in [0.4, 0.5) is 0 Å². The van der Waals surface area contributed by atoms with E-state index < -0.39 is 5.41 Å². The highest BCUT2D eigenvalue weighted by Gasteiger charge is 2.52. The molecular formula is C66H38N6O. The van der Waals surface area contributed by atoms with E-state index in [1.807, 2.05) is 36.7 Å². The Labute approximate surface area is 418 Å². The molecule has 0 N–H and O–H groups in total. The minimum atomic E-state index is -0.788. The topological polar surface area (TPSA) is 73.6 Å². The van der Waals surface area contributed by atoms with Crippen molar-refractivity contribution in [2.75, 3.05) is 0 Å². The van der Waals surface area contributed by atoms with Crippen molar-refractivity contribution in [3.05, 3.63) is 259 Å². The molecule has 1 aliphatic carbocycles. The summed E-state index contributed by atoms with van der Waals surface area (Å²) in [6.07, 6.45) is 3.73. The number of aromatic nitrogens is 5. The van der Waals surface area contributed by atoms with E-state index in [9.17, 15) is 5.26 Å². The third-order valence-electron chi connectivity index (χ3n) is 15.6. The van der Waals surface area contributed by atoms with E-state index in [0.717, 1.165) is 117 Å². The van der Waals surface area contributed by atoms with Crippen LogP contribution in [0.2, 0.25) is 0 Å². The van der Waals surface area contributed by atoms with Gasteiger partial charge in [0.25, 0.3) is 0 Å². The highest BCUT2D eigenvalue weighted by molar-refractivity contribution is 6.13. The summed E-state index contributed by atoms with van der Waals surface area (Å²) in [5, 5.41) is 17.2. The van der Waals surface area contributed by atoms with Gasteiger partial charge in [-0.2, -0.15) is 5.26 Å². The average molecular weight is 931 g/mol. The molecule has 7 heteroatoms. The van der Waals surface area contributed by atoms with Gasteiger partial charge in [0.1, 0.15) is 11.5 Å². The lowest BCUT2D eigenvalue weighted by atomic mass is 9.66. The molecule has 0 saturated heterocycles. The fraction of sp³-hybridized carbons (Fsp3) is 0.0152. The summed E-state index contributed by atoms with van der Waals surface area (Å²) in [5.41, 5.74) is 17.6. The second kappa shape index (κ2) is 14.8. The van der Waals surface area contributed by atoms with Crippen LogP contribution in [0.5, 0.6) is 11.5 Å². The maximum atomic E-state index is 10.3. The van der Waals surface area contributed by atoms with Crippen molar-refractivity contribution in [3.8, 4) is 57.1 Å². The molecule has 0 radical (unpaired) electrons. The molecule has 6 heterocycles. The van der Waals surface area contributed by atoms with Crippen LogP contribution in [0.15, 0.2) is 231 Å². The van der Waals surface area contributed by atoms with Gasteiger partial charge < -0.3 is 18.4 Å². The van der Waals surface area contributed by atoms with Gasteiger partial charge in [-0.05, 0) is 119 Å². The molecule has 0 fully saturated rings. The molecular weight excluding hydrogens is 893 g/mol. The Morgan fingerprint density at radius 3 is 1.45 bits per heavy atom. The largest absolute Gasteiger partial charge is 0.457 e. The monoisotopic (exact) mass is 930 g/mol. The number of hydrogen-bond acceptors (Lipinski definition) is 4. The summed E-state index contributed by atoms with van der Waals surface area (Å²) >= 11 is 0. The first-order valence-corrected chi connectivity index (χ1v) is 24.6. The van der Waals surface area contributed by atoms with Crippen LogP contribution in [0.25, 0.3) is 105 Å². The van der Waals surface area contributed by atoms with Crippen LogP contribution in [0.3, 0.4) is 0 Å². The predicted octanol–water partition coefficient (Wildman–Crippen LogP) is 15.8. The Bertz CT molecular complexity index is 4600. The van der Waals surface area contributed by atoms with Crippen molar-refractivity contribution in [2.24, 2.45) is 0 Å². The molecule has 1 spiro atoms. The first-order chi connectivity index (χ1) is 36.2. The van der Waals surface area contributed by atoms with E-state index in [2.05, 4.69) is 214 Å². The molecule has 16 rings (SSSR count). The van der Waals surface area contributed by atoms with Gasteiger partial charge in [-0.25, -0.2) is 0 Å². The second-order valence-electron chi connectivity index (χ2n) is 19.2. The number of rotatable bonds is 4. The number of pyridine rings is 2. The van der Waals surface area contributed by atoms with E-state index in [1.54, 1.807) is 0 Å². The van der Waals surface area contributed by atoms with Crippen molar-refractivity contribution < 1.29 is 4.74 Å². The number of para-hydroxylation sites is 6. The molecule has 338 valence electrons. The molecule has 0 amide bonds. The van der Waals surface area contributed by atoms with Crippen LogP contribution < -0.4 is 4.74 Å². The standard InChI is InChI=1S/C66H38N6O/c67-39-40-25-30-58-48(35-40)49-36-41(26-31-59(49)72(58)61-24-10-9-23-60(61)71-56-21-7-3-15-46(56)47-16-4-8-22-57(47)71)42-27-32-62-53(37-42)66(51-17-11-33-68-64(51)65-52(66)18-12-34-69-65)50-29-28-43(38-63(50)73-62)70-54-19-5-1-13-44(54)45-14-2-6-20-55(45)70/h1-38H. The van der Waals surface area contributed by atoms with E-state index in [4.69, 9.17) is 14.7 Å². The van der Waals surface area contributed by atoms with Gasteiger partial charge in [0.05, 0.1) is 72.9 Å². The summed E-state index contributed by atoms with van der Waals surface area (Å²) in [7, 11) is 0. The van der Waals surface area contributed by atoms with Gasteiger partial charge in [0.15, 0.2) is 0 Å². The van der Waals surface area contributed by atoms with Crippen LogP contribution in [-0.4, -0.2) is 23.7 Å². The van der Waals surface area contributed by atoms with Crippen molar-refractivity contribution in [2.45, 2.75) is 5.41 Å². The lowest BCUT2D eigenvalue weighted by Crippen LogP contribution is -2.32. The third-order valence-corrected chi connectivity index (χ3v) is 15.6. The average Bonchev–Trinajstić information content (AvgIpc) is 4.19. The molecule has 0 bridgehead atoms. The molecule has 5 aromatic heterocycles. The number of hydrogen-bond donors (Lipinski definition) is 0. The van der Waals surface area contributed by atoms with Crippen molar-refractivity contribution in [1.82, 2.24) is 23.7 Å². The molecule has 0 atom stereocenters. The zero-order valence-electron chi connectivity index (χ0n) is 39.0. The lowest BCUT2D eigenvalue weighted by Gasteiger charge is -2.39. The van der Waals surface area contributed by atoms with Gasteiger partial charge in [-0.3, -0.25) is 9.97 Å². The number of fused-ring (bicyclic) bond motifs is 18. The summed E-state index contributed by atoms with van der Waals surface area (Å²) in [6.45, 7) is 0. The Kier molecular flexibility index (Phi) is 8.04. The summed E-state index contributed by atoms with van der Waals surface area (Å²) in [6, 6.07) is 80.2. The van der Waals surface area contributed by atoms with Gasteiger partial charge >= 0.3 is 0 Å². The number of benzene rings is 9. The molecule has 73 heavy (non-hydrogen) atoms. The van der Waals surface area contributed by atoms with E-state index in [1.165, 1.54) is 21.5 Å². The lowest BCUT2D eigenvalue weighted by molar-refractivity contribution is 0.436. The Morgan fingerprint density at radius 1 is 0.370 bits per heavy atom. The minimum Gasteiger partial charge on any atom is -0.457 e. The van der Waals surface area contributed by atoms with E-state index >= 15 is 0 Å². The summed E-state index contributed by atoms with van der Waals surface area (Å²) in [5.74, 6) is 1.56. The third kappa shape index (κ3) is 5.30. The molecule has 2 aliphatic rings. The smallest absolute Gasteiger partial charge is 0.134 e. The Morgan fingerprint density at radius 2 is 0.863 bits per heavy atom. The molecule has 14 aromatic rings. The van der Waals surface area contributed by atoms with Crippen LogP contribution in [0, 0.1) is 11.3 Å². The maximum absolute atomic E-state index is 10.3. The predicted molar refractivity (Wildman–Crippen MR) is 293 cm³/mol. The number of nitriles is 1. The van der Waals surface area contributed by atoms with Gasteiger partial charge in [-0.15, -0.1) is 0 Å². The second-order valence-corrected chi connectivity index (χ2v) is 19.2. The van der Waals surface area contributed by atoms with Crippen molar-refractivity contribution in [3.63, 3.8) is 0 Å². The Hall–Kier alpha value is -10.0. The molecule has 9 aromatic carbocycles. The molecule has 0 unspecified atom stereocenters. The van der Waals surface area contributed by atoms with Crippen LogP contribution >= 0.6 is 0 Å². The maximum Gasteiger partial charge on any atom is 0.134 e. The fourth-order valence-corrected chi connectivity index (χ4v) is 12.7. The van der Waals surface area contributed by atoms with Gasteiger partial charge in [-0.1, -0.05) is 115 Å². The summed E-state index contributed by atoms with van der Waals surface area (Å²) < 4.78 is 14.2. The summed E-state index contributed by atoms with van der Waals surface area (Å²) in [4.78, 5) is 10.1. The molecule has 7 nitrogen and oxygen atoms in total. The SMILES string of the molecule is N#Cc1ccc2c(c1)c1cc(-c3ccc4c(c3)C3(c5ccc(-n6c7ccccc7c7ccccc76)cc5O4)c4cccnc4-c4ncccc43)ccc1n2-c1ccccc1-n1c2ccccc2c2ccccc21. The van der Waals surface area contributed by atoms with Crippen LogP contribution in [0.1, 0.15) is 27.8 Å². The van der Waals surface area contributed by atoms with Gasteiger partial charge in [0.2, 0.25) is 0 Å². The fourth-order valence-electron chi connectivity index (χ4n) is 12.7. The quantitative estimate of drug-likeness (QED) is 0.176. The number of ether oxygens (including phenoxy) is 1. The van der Waals surface area contributed by atoms with Crippen molar-refractivity contribution >= 4 is 65.4 Å². The molecule has 0 saturated carbocycles. The van der Waals surface area contributed by atoms with E-state index in [0.29, 0.717) is 5.56 Å². The number of nitrogens with zero attached hydrogens (tertiary/aromatic N) is 6. The first kappa shape index (κ1) is 39.8. The highest BCUT2D eigenvalue weighted by atomic mass is 16.5. The molecule has 1 aliphatic heterocycles. The van der Waals surface area contributed by atoms with E-state index in [-0.39, 0.29) is 0 Å². The van der Waals surface area contributed by atoms with Crippen molar-refractivity contribution in [1.29, 1.82) is 5.26 Å². The highest BCUT2D eigenvalue weighted by Crippen LogP contribution is 2.62. The normalized spacial score (nSPS) is 13.1. The van der Waals surface area contributed by atoms with Crippen LogP contribution in [-0.2, 0) is 5.41 Å². The first-order valence-electron chi connectivity index (χ1n) is 24.6. The zero-order chi connectivity index (χ0) is 47.9. The minimum absolute atomic E-state index is 0.612. The Balaban J connectivity index is 0.907.